The van der Waals surface area contributed by atoms with E-state index in [0.717, 1.165) is 24.8 Å². The van der Waals surface area contributed by atoms with Crippen LogP contribution in [0.4, 0.5) is 4.39 Å². The Balaban J connectivity index is 2.64. The van der Waals surface area contributed by atoms with E-state index in [-0.39, 0.29) is 11.9 Å². The molecule has 0 bridgehead atoms. The molecule has 0 radical (unpaired) electrons. The fraction of sp³-hybridized carbons (Fsp3) is 0.455. The SMILES string of the molecule is CCCCC(NN)c1ccc(F)cc1. The van der Waals surface area contributed by atoms with E-state index in [1.807, 2.05) is 0 Å². The fourth-order valence-corrected chi connectivity index (χ4v) is 1.45. The standard InChI is InChI=1S/C11H17FN2/c1-2-3-4-11(14-13)9-5-7-10(12)8-6-9/h5-8,11,14H,2-4,13H2,1H3. The van der Waals surface area contributed by atoms with Gasteiger partial charge in [-0.2, -0.15) is 0 Å². The van der Waals surface area contributed by atoms with Gasteiger partial charge in [-0.3, -0.25) is 11.3 Å². The van der Waals surface area contributed by atoms with Crippen LogP contribution in [0.1, 0.15) is 37.8 Å². The number of benzene rings is 1. The van der Waals surface area contributed by atoms with Crippen molar-refractivity contribution < 1.29 is 4.39 Å². The second kappa shape index (κ2) is 5.73. The zero-order valence-corrected chi connectivity index (χ0v) is 8.46. The third-order valence-electron chi connectivity index (χ3n) is 2.32. The Morgan fingerprint density at radius 1 is 1.36 bits per heavy atom. The minimum atomic E-state index is -0.208. The molecule has 0 saturated heterocycles. The van der Waals surface area contributed by atoms with Crippen molar-refractivity contribution in [2.75, 3.05) is 0 Å². The van der Waals surface area contributed by atoms with E-state index in [4.69, 9.17) is 5.84 Å². The largest absolute Gasteiger partial charge is 0.271 e. The maximum atomic E-state index is 12.7. The molecule has 0 saturated carbocycles. The zero-order valence-electron chi connectivity index (χ0n) is 8.46. The number of hydrogen-bond donors (Lipinski definition) is 2. The lowest BCUT2D eigenvalue weighted by molar-refractivity contribution is 0.494. The Hall–Kier alpha value is -0.930. The van der Waals surface area contributed by atoms with Gasteiger partial charge < -0.3 is 0 Å². The Bertz CT molecular complexity index is 258. The molecule has 1 aromatic rings. The monoisotopic (exact) mass is 196 g/mol. The van der Waals surface area contributed by atoms with Crippen LogP contribution in [0.3, 0.4) is 0 Å². The highest BCUT2D eigenvalue weighted by atomic mass is 19.1. The Kier molecular flexibility index (Phi) is 4.56. The van der Waals surface area contributed by atoms with Crippen molar-refractivity contribution >= 4 is 0 Å². The number of nitrogens with one attached hydrogen (secondary N) is 1. The normalized spacial score (nSPS) is 12.8. The lowest BCUT2D eigenvalue weighted by atomic mass is 10.0. The summed E-state index contributed by atoms with van der Waals surface area (Å²) >= 11 is 0. The molecule has 0 aliphatic heterocycles. The van der Waals surface area contributed by atoms with Gasteiger partial charge >= 0.3 is 0 Å². The molecule has 2 nitrogen and oxygen atoms in total. The molecule has 0 aliphatic carbocycles. The van der Waals surface area contributed by atoms with Crippen molar-refractivity contribution in [3.8, 4) is 0 Å². The number of nitrogens with two attached hydrogens (primary N) is 1. The van der Waals surface area contributed by atoms with Gasteiger partial charge in [-0.1, -0.05) is 31.9 Å². The van der Waals surface area contributed by atoms with Gasteiger partial charge in [0.25, 0.3) is 0 Å². The van der Waals surface area contributed by atoms with Gasteiger partial charge in [-0.15, -0.1) is 0 Å². The third-order valence-corrected chi connectivity index (χ3v) is 2.32. The highest BCUT2D eigenvalue weighted by Gasteiger charge is 2.08. The molecular weight excluding hydrogens is 179 g/mol. The van der Waals surface area contributed by atoms with E-state index in [2.05, 4.69) is 12.3 Å². The number of hydrogen-bond acceptors (Lipinski definition) is 2. The lowest BCUT2D eigenvalue weighted by Gasteiger charge is -2.15. The molecule has 1 unspecified atom stereocenters. The van der Waals surface area contributed by atoms with Crippen LogP contribution in [0.15, 0.2) is 24.3 Å². The van der Waals surface area contributed by atoms with Crippen LogP contribution in [0.5, 0.6) is 0 Å². The maximum absolute atomic E-state index is 12.7. The second-order valence-electron chi connectivity index (χ2n) is 3.41. The van der Waals surface area contributed by atoms with Crippen molar-refractivity contribution in [1.29, 1.82) is 0 Å². The van der Waals surface area contributed by atoms with E-state index in [1.165, 1.54) is 12.1 Å². The summed E-state index contributed by atoms with van der Waals surface area (Å²) in [5, 5.41) is 0. The molecule has 0 aliphatic rings. The molecule has 14 heavy (non-hydrogen) atoms. The quantitative estimate of drug-likeness (QED) is 0.561. The predicted octanol–water partition coefficient (Wildman–Crippen LogP) is 2.52. The van der Waals surface area contributed by atoms with Gasteiger partial charge in [-0.05, 0) is 24.1 Å². The molecule has 0 amide bonds. The minimum Gasteiger partial charge on any atom is -0.271 e. The maximum Gasteiger partial charge on any atom is 0.123 e. The number of rotatable bonds is 5. The average molecular weight is 196 g/mol. The molecule has 3 heteroatoms. The van der Waals surface area contributed by atoms with Crippen LogP contribution in [-0.2, 0) is 0 Å². The summed E-state index contributed by atoms with van der Waals surface area (Å²) < 4.78 is 12.7. The summed E-state index contributed by atoms with van der Waals surface area (Å²) in [6, 6.07) is 6.61. The van der Waals surface area contributed by atoms with Gasteiger partial charge in [0.2, 0.25) is 0 Å². The van der Waals surface area contributed by atoms with Crippen LogP contribution >= 0.6 is 0 Å². The molecule has 3 N–H and O–H groups in total. The summed E-state index contributed by atoms with van der Waals surface area (Å²) in [6.45, 7) is 2.14. The lowest BCUT2D eigenvalue weighted by Crippen LogP contribution is -2.27. The Morgan fingerprint density at radius 3 is 2.50 bits per heavy atom. The van der Waals surface area contributed by atoms with Gasteiger partial charge in [0, 0.05) is 6.04 Å². The van der Waals surface area contributed by atoms with Gasteiger partial charge in [0.15, 0.2) is 0 Å². The van der Waals surface area contributed by atoms with E-state index in [0.29, 0.717) is 0 Å². The molecule has 0 fully saturated rings. The highest BCUT2D eigenvalue weighted by molar-refractivity contribution is 5.19. The topological polar surface area (TPSA) is 38.0 Å². The van der Waals surface area contributed by atoms with Crippen molar-refractivity contribution in [3.63, 3.8) is 0 Å². The molecule has 1 aromatic carbocycles. The summed E-state index contributed by atoms with van der Waals surface area (Å²) in [6.07, 6.45) is 3.24. The molecule has 0 spiro atoms. The second-order valence-corrected chi connectivity index (χ2v) is 3.41. The highest BCUT2D eigenvalue weighted by Crippen LogP contribution is 2.18. The first-order valence-corrected chi connectivity index (χ1v) is 4.99. The van der Waals surface area contributed by atoms with Crippen LogP contribution in [0.2, 0.25) is 0 Å². The number of halogens is 1. The van der Waals surface area contributed by atoms with E-state index >= 15 is 0 Å². The first kappa shape index (κ1) is 11.1. The van der Waals surface area contributed by atoms with E-state index in [1.54, 1.807) is 12.1 Å². The van der Waals surface area contributed by atoms with Crippen LogP contribution in [0.25, 0.3) is 0 Å². The fourth-order valence-electron chi connectivity index (χ4n) is 1.45. The van der Waals surface area contributed by atoms with Crippen molar-refractivity contribution in [2.45, 2.75) is 32.2 Å². The molecule has 1 rings (SSSR count). The molecule has 0 heterocycles. The smallest absolute Gasteiger partial charge is 0.123 e. The predicted molar refractivity (Wildman–Crippen MR) is 56.0 cm³/mol. The third kappa shape index (κ3) is 3.09. The first-order valence-electron chi connectivity index (χ1n) is 4.99. The average Bonchev–Trinajstić information content (AvgIpc) is 2.21. The van der Waals surface area contributed by atoms with Crippen molar-refractivity contribution in [3.05, 3.63) is 35.6 Å². The first-order chi connectivity index (χ1) is 6.77. The molecule has 1 atom stereocenters. The van der Waals surface area contributed by atoms with Crippen LogP contribution in [-0.4, -0.2) is 0 Å². The summed E-state index contributed by atoms with van der Waals surface area (Å²) in [5.74, 6) is 5.23. The molecular formula is C11H17FN2. The number of hydrazine groups is 1. The van der Waals surface area contributed by atoms with Crippen LogP contribution < -0.4 is 11.3 Å². The van der Waals surface area contributed by atoms with Gasteiger partial charge in [-0.25, -0.2) is 4.39 Å². The molecule has 0 aromatic heterocycles. The molecule has 78 valence electrons. The zero-order chi connectivity index (χ0) is 10.4. The number of unbranched alkanes of at least 4 members (excludes halogenated alkanes) is 1. The van der Waals surface area contributed by atoms with Crippen molar-refractivity contribution in [2.24, 2.45) is 5.84 Å². The van der Waals surface area contributed by atoms with E-state index in [9.17, 15) is 4.39 Å². The van der Waals surface area contributed by atoms with Crippen molar-refractivity contribution in [1.82, 2.24) is 5.43 Å². The Labute approximate surface area is 84.3 Å². The van der Waals surface area contributed by atoms with Gasteiger partial charge in [0.05, 0.1) is 0 Å². The summed E-state index contributed by atoms with van der Waals surface area (Å²) in [5.41, 5.74) is 3.79. The summed E-state index contributed by atoms with van der Waals surface area (Å²) in [7, 11) is 0. The minimum absolute atomic E-state index is 0.135. The van der Waals surface area contributed by atoms with Gasteiger partial charge in [0.1, 0.15) is 5.82 Å². The Morgan fingerprint density at radius 2 is 2.00 bits per heavy atom. The summed E-state index contributed by atoms with van der Waals surface area (Å²) in [4.78, 5) is 0. The van der Waals surface area contributed by atoms with E-state index < -0.39 is 0 Å². The van der Waals surface area contributed by atoms with Crippen LogP contribution in [0, 0.1) is 5.82 Å².